The molecule has 2 nitrogen and oxygen atoms in total. The second-order valence-electron chi connectivity index (χ2n) is 2.68. The van der Waals surface area contributed by atoms with Crippen molar-refractivity contribution >= 4 is 21.6 Å². The lowest BCUT2D eigenvalue weighted by atomic mass is 10.1. The quantitative estimate of drug-likeness (QED) is 0.730. The molecule has 1 atom stereocenters. The maximum Gasteiger partial charge on any atom is 0.124 e. The standard InChI is InChI=1S/C8H10BrFN2/c1-4(11)6-2-5(10)3-7(9)8(6)12/h2-4H,11-12H2,1H3/t4-/m1/s1. The smallest absolute Gasteiger partial charge is 0.124 e. The Balaban J connectivity index is 3.28. The van der Waals surface area contributed by atoms with E-state index >= 15 is 0 Å². The number of halogens is 2. The zero-order chi connectivity index (χ0) is 9.30. The monoisotopic (exact) mass is 232 g/mol. The predicted octanol–water partition coefficient (Wildman–Crippen LogP) is 2.19. The molecule has 0 aliphatic rings. The molecule has 66 valence electrons. The van der Waals surface area contributed by atoms with E-state index in [2.05, 4.69) is 15.9 Å². The van der Waals surface area contributed by atoms with Crippen molar-refractivity contribution in [2.24, 2.45) is 5.73 Å². The normalized spacial score (nSPS) is 13.0. The zero-order valence-electron chi connectivity index (χ0n) is 6.64. The van der Waals surface area contributed by atoms with Crippen LogP contribution in [-0.4, -0.2) is 0 Å². The first-order valence-electron chi connectivity index (χ1n) is 3.52. The van der Waals surface area contributed by atoms with E-state index in [1.165, 1.54) is 12.1 Å². The summed E-state index contributed by atoms with van der Waals surface area (Å²) in [6, 6.07) is 2.42. The summed E-state index contributed by atoms with van der Waals surface area (Å²) in [6.07, 6.45) is 0. The van der Waals surface area contributed by atoms with E-state index in [0.717, 1.165) is 0 Å². The van der Waals surface area contributed by atoms with E-state index in [1.54, 1.807) is 6.92 Å². The van der Waals surface area contributed by atoms with Gasteiger partial charge in [0, 0.05) is 10.5 Å². The molecule has 4 N–H and O–H groups in total. The molecule has 12 heavy (non-hydrogen) atoms. The van der Waals surface area contributed by atoms with Crippen LogP contribution in [0.25, 0.3) is 0 Å². The Hall–Kier alpha value is -0.610. The third-order valence-corrected chi connectivity index (χ3v) is 2.27. The molecule has 0 aliphatic carbocycles. The fraction of sp³-hybridized carbons (Fsp3) is 0.250. The van der Waals surface area contributed by atoms with Gasteiger partial charge in [-0.3, -0.25) is 0 Å². The van der Waals surface area contributed by atoms with Crippen molar-refractivity contribution in [3.05, 3.63) is 28.0 Å². The van der Waals surface area contributed by atoms with Gasteiger partial charge in [-0.1, -0.05) is 0 Å². The Labute approximate surface area is 78.9 Å². The lowest BCUT2D eigenvalue weighted by Crippen LogP contribution is -2.09. The summed E-state index contributed by atoms with van der Waals surface area (Å²) in [4.78, 5) is 0. The first-order valence-corrected chi connectivity index (χ1v) is 4.31. The highest BCUT2D eigenvalue weighted by Crippen LogP contribution is 2.27. The Morgan fingerprint density at radius 3 is 2.58 bits per heavy atom. The molecule has 0 aromatic heterocycles. The van der Waals surface area contributed by atoms with Gasteiger partial charge < -0.3 is 11.5 Å². The average molecular weight is 233 g/mol. The number of nitrogens with two attached hydrogens (primary N) is 2. The summed E-state index contributed by atoms with van der Waals surface area (Å²) in [7, 11) is 0. The van der Waals surface area contributed by atoms with Gasteiger partial charge in [-0.15, -0.1) is 0 Å². The largest absolute Gasteiger partial charge is 0.398 e. The van der Waals surface area contributed by atoms with Gasteiger partial charge in [-0.25, -0.2) is 4.39 Å². The first-order chi connectivity index (χ1) is 5.52. The van der Waals surface area contributed by atoms with Crippen molar-refractivity contribution in [2.75, 3.05) is 5.73 Å². The first kappa shape index (κ1) is 9.48. The van der Waals surface area contributed by atoms with Crippen LogP contribution >= 0.6 is 15.9 Å². The molecule has 0 saturated heterocycles. The van der Waals surface area contributed by atoms with Crippen molar-refractivity contribution < 1.29 is 4.39 Å². The second-order valence-corrected chi connectivity index (χ2v) is 3.53. The second kappa shape index (κ2) is 3.41. The van der Waals surface area contributed by atoms with E-state index in [9.17, 15) is 4.39 Å². The van der Waals surface area contributed by atoms with Gasteiger partial charge in [0.15, 0.2) is 0 Å². The Kier molecular flexibility index (Phi) is 2.69. The minimum Gasteiger partial charge on any atom is -0.398 e. The van der Waals surface area contributed by atoms with Crippen LogP contribution in [0, 0.1) is 5.82 Å². The van der Waals surface area contributed by atoms with Crippen molar-refractivity contribution in [3.8, 4) is 0 Å². The zero-order valence-corrected chi connectivity index (χ0v) is 8.23. The molecular weight excluding hydrogens is 223 g/mol. The third-order valence-electron chi connectivity index (χ3n) is 1.62. The van der Waals surface area contributed by atoms with E-state index < -0.39 is 0 Å². The highest BCUT2D eigenvalue weighted by molar-refractivity contribution is 9.10. The summed E-state index contributed by atoms with van der Waals surface area (Å²) in [5.74, 6) is -0.330. The van der Waals surface area contributed by atoms with Gasteiger partial charge in [0.2, 0.25) is 0 Å². The summed E-state index contributed by atoms with van der Waals surface area (Å²) in [5.41, 5.74) is 12.4. The maximum atomic E-state index is 12.8. The minimum absolute atomic E-state index is 0.253. The molecule has 0 aliphatic heterocycles. The third kappa shape index (κ3) is 1.76. The van der Waals surface area contributed by atoms with E-state index in [4.69, 9.17) is 11.5 Å². The van der Waals surface area contributed by atoms with Crippen molar-refractivity contribution in [3.63, 3.8) is 0 Å². The summed E-state index contributed by atoms with van der Waals surface area (Å²) >= 11 is 3.14. The maximum absolute atomic E-state index is 12.8. The molecule has 0 radical (unpaired) electrons. The van der Waals surface area contributed by atoms with Crippen LogP contribution in [0.5, 0.6) is 0 Å². The molecule has 0 spiro atoms. The molecule has 0 saturated carbocycles. The van der Waals surface area contributed by atoms with Crippen LogP contribution in [0.1, 0.15) is 18.5 Å². The van der Waals surface area contributed by atoms with E-state index in [-0.39, 0.29) is 11.9 Å². The number of anilines is 1. The van der Waals surface area contributed by atoms with Crippen molar-refractivity contribution in [1.29, 1.82) is 0 Å². The molecule has 0 heterocycles. The van der Waals surface area contributed by atoms with Gasteiger partial charge in [-0.2, -0.15) is 0 Å². The Morgan fingerprint density at radius 1 is 1.50 bits per heavy atom. The predicted molar refractivity (Wildman–Crippen MR) is 51.1 cm³/mol. The molecule has 4 heteroatoms. The van der Waals surface area contributed by atoms with Crippen LogP contribution in [0.4, 0.5) is 10.1 Å². The number of nitrogen functional groups attached to an aromatic ring is 1. The molecule has 0 amide bonds. The minimum atomic E-state index is -0.330. The Morgan fingerprint density at radius 2 is 2.08 bits per heavy atom. The fourth-order valence-corrected chi connectivity index (χ4v) is 1.43. The summed E-state index contributed by atoms with van der Waals surface area (Å²) < 4.78 is 13.4. The van der Waals surface area contributed by atoms with Crippen LogP contribution in [0.3, 0.4) is 0 Å². The van der Waals surface area contributed by atoms with Crippen LogP contribution in [0.2, 0.25) is 0 Å². The summed E-state index contributed by atoms with van der Waals surface area (Å²) in [5, 5.41) is 0. The van der Waals surface area contributed by atoms with Gasteiger partial charge in [0.1, 0.15) is 5.82 Å². The van der Waals surface area contributed by atoms with Crippen molar-refractivity contribution in [2.45, 2.75) is 13.0 Å². The van der Waals surface area contributed by atoms with Gasteiger partial charge in [-0.05, 0) is 40.5 Å². The Bertz CT molecular complexity index is 299. The molecule has 0 unspecified atom stereocenters. The van der Waals surface area contributed by atoms with Gasteiger partial charge in [0.05, 0.1) is 5.69 Å². The van der Waals surface area contributed by atoms with Crippen LogP contribution in [-0.2, 0) is 0 Å². The van der Waals surface area contributed by atoms with Gasteiger partial charge in [0.25, 0.3) is 0 Å². The van der Waals surface area contributed by atoms with Gasteiger partial charge >= 0.3 is 0 Å². The molecular formula is C8H10BrFN2. The molecule has 0 fully saturated rings. The van der Waals surface area contributed by atoms with Crippen LogP contribution < -0.4 is 11.5 Å². The highest BCUT2D eigenvalue weighted by atomic mass is 79.9. The number of benzene rings is 1. The number of rotatable bonds is 1. The fourth-order valence-electron chi connectivity index (χ4n) is 0.981. The average Bonchev–Trinajstić information content (AvgIpc) is 1.96. The molecule has 0 bridgehead atoms. The lowest BCUT2D eigenvalue weighted by Gasteiger charge is -2.10. The molecule has 1 aromatic carbocycles. The number of hydrogen-bond acceptors (Lipinski definition) is 2. The number of hydrogen-bond donors (Lipinski definition) is 2. The van der Waals surface area contributed by atoms with Crippen molar-refractivity contribution in [1.82, 2.24) is 0 Å². The topological polar surface area (TPSA) is 52.0 Å². The van der Waals surface area contributed by atoms with E-state index in [0.29, 0.717) is 15.7 Å². The SMILES string of the molecule is C[C@@H](N)c1cc(F)cc(Br)c1N. The lowest BCUT2D eigenvalue weighted by molar-refractivity contribution is 0.622. The highest BCUT2D eigenvalue weighted by Gasteiger charge is 2.09. The van der Waals surface area contributed by atoms with E-state index in [1.807, 2.05) is 0 Å². The molecule has 1 rings (SSSR count). The molecule has 1 aromatic rings. The summed E-state index contributed by atoms with van der Waals surface area (Å²) in [6.45, 7) is 1.76. The van der Waals surface area contributed by atoms with Crippen LogP contribution in [0.15, 0.2) is 16.6 Å².